The Bertz CT molecular complexity index is 1730. The van der Waals surface area contributed by atoms with Gasteiger partial charge in [0.1, 0.15) is 48.6 Å². The quantitative estimate of drug-likeness (QED) is 0.0802. The van der Waals surface area contributed by atoms with E-state index in [0.29, 0.717) is 16.8 Å². The molecule has 0 aliphatic heterocycles. The minimum absolute atomic E-state index is 0.0468. The number of nitro groups is 1. The summed E-state index contributed by atoms with van der Waals surface area (Å²) in [5, 5.41) is 48.6. The van der Waals surface area contributed by atoms with Crippen LogP contribution in [0.4, 0.5) is 26.9 Å². The first kappa shape index (κ1) is 42.2. The van der Waals surface area contributed by atoms with Crippen molar-refractivity contribution in [1.82, 2.24) is 20.2 Å². The number of carbonyl (C=O) groups is 4. The number of nitrogens with zero attached hydrogens (tertiary/aromatic N) is 3. The largest absolute Gasteiger partial charge is 0.506 e. The molecule has 3 rings (SSSR count). The summed E-state index contributed by atoms with van der Waals surface area (Å²) in [4.78, 5) is 61.0. The first-order chi connectivity index (χ1) is 24.2. The van der Waals surface area contributed by atoms with Gasteiger partial charge in [0.05, 0.1) is 31.6 Å². The Morgan fingerprint density at radius 3 is 1.77 bits per heavy atom. The number of alkyl carbamates (subject to hydrolysis) is 2. The van der Waals surface area contributed by atoms with Crippen LogP contribution in [-0.2, 0) is 45.9 Å². The van der Waals surface area contributed by atoms with Crippen LogP contribution in [0.2, 0.25) is 0 Å². The Morgan fingerprint density at radius 2 is 1.31 bits per heavy atom. The zero-order chi connectivity index (χ0) is 39.2. The fraction of sp³-hybridized carbons (Fsp3) is 0.424. The standard InChI is InChI=1S/C19H25N5O7.C14H20N2O5/c1-19(2,3)31-18(27)21-9-16(26)22-14-7-12(10-25)5-6-15(14)30-11-13-8-20-17(23(13)4)24(28)29;1-14(2,3)21-13(20)15-7-12(19)16-10-6-9(8-17)4-5-11(10)18/h5-8,25H,9-11H2,1-4H3,(H,21,27)(H,22,26);4-6,17-18H,7-8H2,1-3H3,(H,15,20)(H,16,19). The second-order valence-electron chi connectivity index (χ2n) is 13.0. The maximum Gasteiger partial charge on any atom is 0.434 e. The summed E-state index contributed by atoms with van der Waals surface area (Å²) in [5.74, 6) is -1.24. The molecule has 7 N–H and O–H groups in total. The number of aliphatic hydroxyl groups excluding tert-OH is 2. The van der Waals surface area contributed by atoms with Crippen LogP contribution < -0.4 is 26.0 Å². The van der Waals surface area contributed by atoms with Gasteiger partial charge in [-0.3, -0.25) is 9.59 Å². The molecule has 0 saturated carbocycles. The summed E-state index contributed by atoms with van der Waals surface area (Å²) < 4.78 is 17.0. The number of aromatic hydroxyl groups is 1. The molecule has 0 bridgehead atoms. The van der Waals surface area contributed by atoms with E-state index in [9.17, 15) is 39.5 Å². The predicted molar refractivity (Wildman–Crippen MR) is 186 cm³/mol. The first-order valence-corrected chi connectivity index (χ1v) is 15.7. The molecule has 3 aromatic rings. The molecule has 19 heteroatoms. The van der Waals surface area contributed by atoms with Crippen molar-refractivity contribution in [2.24, 2.45) is 7.05 Å². The molecule has 52 heavy (non-hydrogen) atoms. The lowest BCUT2D eigenvalue weighted by Crippen LogP contribution is -2.37. The van der Waals surface area contributed by atoms with Crippen molar-refractivity contribution in [1.29, 1.82) is 0 Å². The predicted octanol–water partition coefficient (Wildman–Crippen LogP) is 3.21. The molecule has 1 aromatic heterocycles. The summed E-state index contributed by atoms with van der Waals surface area (Å²) in [5.41, 5.74) is 0.604. The number of hydrogen-bond acceptors (Lipinski definition) is 13. The maximum absolute atomic E-state index is 12.3. The van der Waals surface area contributed by atoms with Gasteiger partial charge in [-0.15, -0.1) is 0 Å². The van der Waals surface area contributed by atoms with E-state index < -0.39 is 40.1 Å². The number of amides is 4. The average Bonchev–Trinajstić information content (AvgIpc) is 3.42. The van der Waals surface area contributed by atoms with Crippen LogP contribution in [0.5, 0.6) is 11.5 Å². The molecule has 0 spiro atoms. The molecule has 0 aliphatic carbocycles. The highest BCUT2D eigenvalue weighted by atomic mass is 16.6. The second-order valence-corrected chi connectivity index (χ2v) is 13.0. The summed E-state index contributed by atoms with van der Waals surface area (Å²) in [6.45, 7) is 9.10. The molecule has 1 heterocycles. The van der Waals surface area contributed by atoms with Crippen LogP contribution in [0.25, 0.3) is 0 Å². The van der Waals surface area contributed by atoms with Gasteiger partial charge in [0, 0.05) is 0 Å². The molecule has 0 fully saturated rings. The van der Waals surface area contributed by atoms with Crippen LogP contribution in [0.1, 0.15) is 58.4 Å². The van der Waals surface area contributed by atoms with Crippen molar-refractivity contribution in [3.63, 3.8) is 0 Å². The van der Waals surface area contributed by atoms with Crippen molar-refractivity contribution < 1.29 is 53.6 Å². The number of aliphatic hydroxyl groups is 2. The number of phenols is 1. The lowest BCUT2D eigenvalue weighted by atomic mass is 10.2. The molecule has 19 nitrogen and oxygen atoms in total. The van der Waals surface area contributed by atoms with Gasteiger partial charge in [0.25, 0.3) is 0 Å². The van der Waals surface area contributed by atoms with Crippen molar-refractivity contribution >= 4 is 41.3 Å². The van der Waals surface area contributed by atoms with Crippen LogP contribution in [-0.4, -0.2) is 78.1 Å². The summed E-state index contributed by atoms with van der Waals surface area (Å²) >= 11 is 0. The average molecular weight is 732 g/mol. The molecule has 0 atom stereocenters. The number of anilines is 2. The number of carbonyl (C=O) groups excluding carboxylic acids is 4. The lowest BCUT2D eigenvalue weighted by Gasteiger charge is -2.19. The zero-order valence-electron chi connectivity index (χ0n) is 29.9. The Morgan fingerprint density at radius 1 is 0.827 bits per heavy atom. The number of aromatic nitrogens is 2. The summed E-state index contributed by atoms with van der Waals surface area (Å²) in [7, 11) is 1.49. The van der Waals surface area contributed by atoms with Gasteiger partial charge in [-0.2, -0.15) is 0 Å². The van der Waals surface area contributed by atoms with Crippen molar-refractivity contribution in [2.75, 3.05) is 23.7 Å². The minimum Gasteiger partial charge on any atom is -0.506 e. The van der Waals surface area contributed by atoms with Crippen LogP contribution >= 0.6 is 0 Å². The number of phenolic OH excluding ortho intramolecular Hbond substituents is 1. The SMILES string of the molecule is CC(C)(C)OC(=O)NCC(=O)Nc1cc(CO)ccc1O.Cn1c(COc2ccc(CO)cc2NC(=O)CNC(=O)OC(C)(C)C)cnc1[N+](=O)[O-]. The molecule has 0 radical (unpaired) electrons. The fourth-order valence-corrected chi connectivity index (χ4v) is 3.89. The minimum atomic E-state index is -0.735. The van der Waals surface area contributed by atoms with Crippen LogP contribution in [0.15, 0.2) is 42.6 Å². The van der Waals surface area contributed by atoms with E-state index in [-0.39, 0.29) is 61.7 Å². The van der Waals surface area contributed by atoms with E-state index in [1.807, 2.05) is 0 Å². The topological polar surface area (TPSA) is 266 Å². The van der Waals surface area contributed by atoms with Gasteiger partial charge >= 0.3 is 18.1 Å². The zero-order valence-corrected chi connectivity index (χ0v) is 29.9. The summed E-state index contributed by atoms with van der Waals surface area (Å²) in [6, 6.07) is 9.02. The van der Waals surface area contributed by atoms with Gasteiger partial charge in [0.15, 0.2) is 5.69 Å². The normalized spacial score (nSPS) is 10.9. The van der Waals surface area contributed by atoms with E-state index >= 15 is 0 Å². The van der Waals surface area contributed by atoms with Gasteiger partial charge < -0.3 is 60.9 Å². The number of rotatable bonds is 12. The monoisotopic (exact) mass is 731 g/mol. The third kappa shape index (κ3) is 14.9. The molecule has 4 amide bonds. The molecular weight excluding hydrogens is 686 g/mol. The third-order valence-electron chi connectivity index (χ3n) is 6.20. The Balaban J connectivity index is 0.000000389. The van der Waals surface area contributed by atoms with Crippen LogP contribution in [0, 0.1) is 10.1 Å². The van der Waals surface area contributed by atoms with Crippen LogP contribution in [0.3, 0.4) is 0 Å². The lowest BCUT2D eigenvalue weighted by molar-refractivity contribution is -0.396. The van der Waals surface area contributed by atoms with E-state index in [0.717, 1.165) is 0 Å². The van der Waals surface area contributed by atoms with Crippen molar-refractivity contribution in [2.45, 2.75) is 72.6 Å². The van der Waals surface area contributed by atoms with Gasteiger partial charge in [-0.1, -0.05) is 17.1 Å². The molecule has 0 aliphatic rings. The number of nitrogens with one attached hydrogen (secondary N) is 4. The third-order valence-corrected chi connectivity index (χ3v) is 6.20. The first-order valence-electron chi connectivity index (χ1n) is 15.7. The maximum atomic E-state index is 12.3. The highest BCUT2D eigenvalue weighted by Crippen LogP contribution is 2.27. The molecular formula is C33H45N7O12. The van der Waals surface area contributed by atoms with Crippen molar-refractivity contribution in [3.05, 3.63) is 69.5 Å². The summed E-state index contributed by atoms with van der Waals surface area (Å²) in [6.07, 6.45) is -0.115. The number of ether oxygens (including phenoxy) is 3. The van der Waals surface area contributed by atoms with Gasteiger partial charge in [0.2, 0.25) is 11.8 Å². The number of imidazole rings is 1. The molecule has 0 unspecified atom stereocenters. The molecule has 2 aromatic carbocycles. The Kier molecular flexibility index (Phi) is 15.3. The smallest absolute Gasteiger partial charge is 0.434 e. The van der Waals surface area contributed by atoms with Gasteiger partial charge in [-0.25, -0.2) is 14.2 Å². The van der Waals surface area contributed by atoms with E-state index in [1.165, 1.54) is 42.1 Å². The fourth-order valence-electron chi connectivity index (χ4n) is 3.89. The number of hydrogen-bond donors (Lipinski definition) is 7. The number of benzene rings is 2. The van der Waals surface area contributed by atoms with E-state index in [4.69, 9.17) is 19.3 Å². The van der Waals surface area contributed by atoms with E-state index in [1.54, 1.807) is 53.7 Å². The highest BCUT2D eigenvalue weighted by Gasteiger charge is 2.20. The van der Waals surface area contributed by atoms with E-state index in [2.05, 4.69) is 26.3 Å². The highest BCUT2D eigenvalue weighted by molar-refractivity contribution is 5.96. The van der Waals surface area contributed by atoms with Gasteiger partial charge in [-0.05, 0) is 81.9 Å². The van der Waals surface area contributed by atoms with Crippen molar-refractivity contribution in [3.8, 4) is 11.5 Å². The Labute approximate surface area is 299 Å². The second kappa shape index (κ2) is 18.9. The Hall–Kier alpha value is -5.95. The molecule has 284 valence electrons. The molecule has 0 saturated heterocycles.